The molecule has 0 aliphatic carbocycles. The number of nitrogens with zero attached hydrogens (tertiary/aromatic N) is 1. The molecule has 0 fully saturated rings. The van der Waals surface area contributed by atoms with Crippen molar-refractivity contribution in [1.82, 2.24) is 10.6 Å². The van der Waals surface area contributed by atoms with Crippen LogP contribution in [0.4, 0.5) is 5.69 Å². The molecule has 3 rings (SSSR count). The smallest absolute Gasteiger partial charge is 0.0368 e. The number of benzene rings is 3. The van der Waals surface area contributed by atoms with Crippen LogP contribution in [0.5, 0.6) is 0 Å². The lowest BCUT2D eigenvalue weighted by atomic mass is 9.79. The van der Waals surface area contributed by atoms with Gasteiger partial charge in [0.15, 0.2) is 0 Å². The molecular weight excluding hydrogens is 402 g/mol. The van der Waals surface area contributed by atoms with Crippen molar-refractivity contribution in [2.75, 3.05) is 31.1 Å². The van der Waals surface area contributed by atoms with Crippen molar-refractivity contribution >= 4 is 5.69 Å². The Kier molecular flexibility index (Phi) is 9.53. The van der Waals surface area contributed by atoms with Gasteiger partial charge in [0.2, 0.25) is 0 Å². The molecule has 33 heavy (non-hydrogen) atoms. The van der Waals surface area contributed by atoms with Crippen LogP contribution in [0.15, 0.2) is 66.7 Å². The number of aryl methyl sites for hydroxylation is 1. The first-order valence-corrected chi connectivity index (χ1v) is 12.6. The first-order chi connectivity index (χ1) is 16.1. The van der Waals surface area contributed by atoms with Gasteiger partial charge in [-0.25, -0.2) is 0 Å². The lowest BCUT2D eigenvalue weighted by molar-refractivity contribution is 0.707. The van der Waals surface area contributed by atoms with Crippen LogP contribution in [0.3, 0.4) is 0 Å². The molecular formula is C30H41N3. The maximum atomic E-state index is 3.55. The van der Waals surface area contributed by atoms with Crippen LogP contribution in [0.1, 0.15) is 67.0 Å². The molecule has 3 heteroatoms. The van der Waals surface area contributed by atoms with Gasteiger partial charge in [0.25, 0.3) is 0 Å². The summed E-state index contributed by atoms with van der Waals surface area (Å²) >= 11 is 0. The lowest BCUT2D eigenvalue weighted by Gasteiger charge is -2.28. The zero-order chi connectivity index (χ0) is 23.6. The van der Waals surface area contributed by atoms with Crippen molar-refractivity contribution in [3.05, 3.63) is 100 Å². The first kappa shape index (κ1) is 25.0. The second-order valence-electron chi connectivity index (χ2n) is 8.60. The largest absolute Gasteiger partial charge is 0.372 e. The second kappa shape index (κ2) is 12.6. The molecule has 0 aliphatic heterocycles. The molecule has 0 bridgehead atoms. The highest BCUT2D eigenvalue weighted by atomic mass is 15.1. The topological polar surface area (TPSA) is 27.3 Å². The third-order valence-electron chi connectivity index (χ3n) is 6.56. The molecule has 3 aromatic carbocycles. The molecule has 0 heterocycles. The summed E-state index contributed by atoms with van der Waals surface area (Å²) in [5.41, 5.74) is 9.56. The van der Waals surface area contributed by atoms with E-state index < -0.39 is 0 Å². The van der Waals surface area contributed by atoms with Gasteiger partial charge in [0, 0.05) is 37.8 Å². The van der Waals surface area contributed by atoms with E-state index in [1.165, 1.54) is 39.1 Å². The van der Waals surface area contributed by atoms with Crippen molar-refractivity contribution in [2.45, 2.75) is 53.6 Å². The van der Waals surface area contributed by atoms with Gasteiger partial charge >= 0.3 is 0 Å². The van der Waals surface area contributed by atoms with Crippen LogP contribution >= 0.6 is 0 Å². The first-order valence-electron chi connectivity index (χ1n) is 12.6. The molecule has 3 aromatic rings. The van der Waals surface area contributed by atoms with Gasteiger partial charge in [-0.05, 0) is 79.4 Å². The van der Waals surface area contributed by atoms with E-state index in [1.54, 1.807) is 0 Å². The molecule has 0 amide bonds. The Balaban J connectivity index is 2.18. The summed E-state index contributed by atoms with van der Waals surface area (Å²) < 4.78 is 0. The van der Waals surface area contributed by atoms with E-state index in [-0.39, 0.29) is 5.92 Å². The van der Waals surface area contributed by atoms with Crippen LogP contribution in [0, 0.1) is 6.92 Å². The van der Waals surface area contributed by atoms with Crippen molar-refractivity contribution in [2.24, 2.45) is 0 Å². The minimum atomic E-state index is 0.195. The average Bonchev–Trinajstić information content (AvgIpc) is 2.85. The van der Waals surface area contributed by atoms with Gasteiger partial charge in [0.1, 0.15) is 0 Å². The van der Waals surface area contributed by atoms with Gasteiger partial charge in [0.05, 0.1) is 0 Å². The van der Waals surface area contributed by atoms with Crippen LogP contribution < -0.4 is 15.5 Å². The Bertz CT molecular complexity index is 955. The minimum absolute atomic E-state index is 0.195. The highest BCUT2D eigenvalue weighted by Crippen LogP contribution is 2.38. The maximum absolute atomic E-state index is 3.55. The molecule has 2 N–H and O–H groups in total. The fourth-order valence-corrected chi connectivity index (χ4v) is 4.74. The van der Waals surface area contributed by atoms with E-state index in [2.05, 4.69) is 117 Å². The highest BCUT2D eigenvalue weighted by molar-refractivity contribution is 5.56. The Labute approximate surface area is 201 Å². The van der Waals surface area contributed by atoms with Gasteiger partial charge in [-0.3, -0.25) is 0 Å². The molecule has 0 saturated heterocycles. The number of anilines is 1. The zero-order valence-corrected chi connectivity index (χ0v) is 21.1. The quantitative estimate of drug-likeness (QED) is 0.324. The van der Waals surface area contributed by atoms with E-state index in [0.717, 1.165) is 39.3 Å². The lowest BCUT2D eigenvalue weighted by Crippen LogP contribution is -2.22. The van der Waals surface area contributed by atoms with Crippen molar-refractivity contribution in [3.8, 4) is 0 Å². The van der Waals surface area contributed by atoms with Crippen LogP contribution in [-0.4, -0.2) is 26.2 Å². The molecule has 0 spiro atoms. The summed E-state index contributed by atoms with van der Waals surface area (Å²) in [4.78, 5) is 2.42. The van der Waals surface area contributed by atoms with Gasteiger partial charge in [-0.15, -0.1) is 0 Å². The van der Waals surface area contributed by atoms with Crippen LogP contribution in [0.2, 0.25) is 0 Å². The molecule has 0 aromatic heterocycles. The summed E-state index contributed by atoms with van der Waals surface area (Å²) in [5, 5.41) is 7.09. The Hall–Kier alpha value is -2.62. The average molecular weight is 444 g/mol. The highest BCUT2D eigenvalue weighted by Gasteiger charge is 2.23. The third kappa shape index (κ3) is 6.04. The van der Waals surface area contributed by atoms with Crippen LogP contribution in [0.25, 0.3) is 0 Å². The number of nitrogens with one attached hydrogen (secondary N) is 2. The molecule has 176 valence electrons. The number of hydrogen-bond donors (Lipinski definition) is 2. The maximum Gasteiger partial charge on any atom is 0.0368 e. The van der Waals surface area contributed by atoms with E-state index in [1.807, 2.05) is 0 Å². The monoisotopic (exact) mass is 443 g/mol. The van der Waals surface area contributed by atoms with Crippen molar-refractivity contribution in [1.29, 1.82) is 0 Å². The minimum Gasteiger partial charge on any atom is -0.372 e. The fourth-order valence-electron chi connectivity index (χ4n) is 4.74. The number of rotatable bonds is 12. The fraction of sp³-hybridized carbons (Fsp3) is 0.400. The van der Waals surface area contributed by atoms with E-state index in [0.29, 0.717) is 0 Å². The Morgan fingerprint density at radius 3 is 1.64 bits per heavy atom. The summed E-state index contributed by atoms with van der Waals surface area (Å²) in [6.07, 6.45) is 0. The van der Waals surface area contributed by atoms with E-state index >= 15 is 0 Å². The summed E-state index contributed by atoms with van der Waals surface area (Å²) in [7, 11) is 0. The predicted octanol–water partition coefficient (Wildman–Crippen LogP) is 6.24. The van der Waals surface area contributed by atoms with Gasteiger partial charge < -0.3 is 15.5 Å². The molecule has 0 unspecified atom stereocenters. The zero-order valence-electron chi connectivity index (χ0n) is 21.1. The van der Waals surface area contributed by atoms with E-state index in [9.17, 15) is 0 Å². The Morgan fingerprint density at radius 1 is 0.667 bits per heavy atom. The summed E-state index contributed by atoms with van der Waals surface area (Å²) in [5.74, 6) is 0.195. The number of hydrogen-bond acceptors (Lipinski definition) is 3. The molecule has 0 radical (unpaired) electrons. The standard InChI is InChI=1S/C30H41N3/c1-6-31-21-24-14-10-12-16-28(24)30(29-17-13-11-15-25(29)22-32-7-2)27-19-18-26(20-23(27)5)33(8-3)9-4/h10-20,30-32H,6-9,21-22H2,1-5H3. The van der Waals surface area contributed by atoms with E-state index in [4.69, 9.17) is 0 Å². The second-order valence-corrected chi connectivity index (χ2v) is 8.60. The summed E-state index contributed by atoms with van der Waals surface area (Å²) in [6.45, 7) is 16.8. The molecule has 0 saturated carbocycles. The normalized spacial score (nSPS) is 11.2. The SMILES string of the molecule is CCNCc1ccccc1C(c1ccc(N(CC)CC)cc1C)c1ccccc1CNCC. The molecule has 0 atom stereocenters. The van der Waals surface area contributed by atoms with Gasteiger partial charge in [-0.1, -0.05) is 68.4 Å². The van der Waals surface area contributed by atoms with Crippen molar-refractivity contribution in [3.63, 3.8) is 0 Å². The van der Waals surface area contributed by atoms with Crippen molar-refractivity contribution < 1.29 is 0 Å². The van der Waals surface area contributed by atoms with Gasteiger partial charge in [-0.2, -0.15) is 0 Å². The predicted molar refractivity (Wildman–Crippen MR) is 143 cm³/mol. The third-order valence-corrected chi connectivity index (χ3v) is 6.56. The summed E-state index contributed by atoms with van der Waals surface area (Å²) in [6, 6.07) is 24.9. The molecule has 3 nitrogen and oxygen atoms in total. The molecule has 0 aliphatic rings. The Morgan fingerprint density at radius 2 is 1.18 bits per heavy atom. The van der Waals surface area contributed by atoms with Crippen LogP contribution in [-0.2, 0) is 13.1 Å².